The zero-order valence-electron chi connectivity index (χ0n) is 17.7. The number of hydrogen-bond acceptors (Lipinski definition) is 3. The predicted octanol–water partition coefficient (Wildman–Crippen LogP) is -1.34. The second-order valence-electron chi connectivity index (χ2n) is 7.15. The standard InChI is InChI=1S/C22H33N3.2BrH.Co/c1-15-11-17(3)21(18(4)12-15)24-9-7-23-8-10-25-22-19(5)13-16(2)14-20(22)6;;;/h11-14,23-25H,7-10H2,1-6H3;2*1H;/q;;;+2/p-2. The van der Waals surface area contributed by atoms with Gasteiger partial charge < -0.3 is 49.9 Å². The molecule has 0 fully saturated rings. The Kier molecular flexibility index (Phi) is 15.3. The Bertz CT molecular complexity index is 628. The van der Waals surface area contributed by atoms with Crippen LogP contribution in [-0.4, -0.2) is 26.2 Å². The van der Waals surface area contributed by atoms with Crippen molar-refractivity contribution in [3.8, 4) is 0 Å². The van der Waals surface area contributed by atoms with Gasteiger partial charge in [0, 0.05) is 37.6 Å². The minimum absolute atomic E-state index is 0. The molecule has 0 spiro atoms. The zero-order valence-corrected chi connectivity index (χ0v) is 21.9. The summed E-state index contributed by atoms with van der Waals surface area (Å²) in [5.74, 6) is 0. The van der Waals surface area contributed by atoms with E-state index in [0.29, 0.717) is 0 Å². The Balaban J connectivity index is 0. The van der Waals surface area contributed by atoms with Gasteiger partial charge in [-0.3, -0.25) is 0 Å². The fourth-order valence-electron chi connectivity index (χ4n) is 3.59. The first-order valence-electron chi connectivity index (χ1n) is 9.22. The predicted molar refractivity (Wildman–Crippen MR) is 111 cm³/mol. The summed E-state index contributed by atoms with van der Waals surface area (Å²) in [7, 11) is 0. The molecule has 2 rings (SSSR count). The third-order valence-corrected chi connectivity index (χ3v) is 4.56. The van der Waals surface area contributed by atoms with Gasteiger partial charge in [-0.05, 0) is 63.8 Å². The number of benzene rings is 2. The van der Waals surface area contributed by atoms with Crippen LogP contribution in [0.25, 0.3) is 0 Å². The normalized spacial score (nSPS) is 9.64. The first-order chi connectivity index (χ1) is 11.9. The summed E-state index contributed by atoms with van der Waals surface area (Å²) in [5.41, 5.74) is 10.5. The Hall–Kier alpha value is -0.534. The molecule has 2 aromatic rings. The van der Waals surface area contributed by atoms with Gasteiger partial charge in [0.2, 0.25) is 0 Å². The van der Waals surface area contributed by atoms with Gasteiger partial charge >= 0.3 is 16.8 Å². The van der Waals surface area contributed by atoms with E-state index in [1.807, 2.05) is 0 Å². The Labute approximate surface area is 202 Å². The number of nitrogens with one attached hydrogen (secondary N) is 3. The SMILES string of the molecule is Cc1cc(C)c(NCCNCCNc2c(C)cc(C)cc2C)c(C)c1.[Br-].[Br-].[Co+2]. The van der Waals surface area contributed by atoms with Crippen molar-refractivity contribution in [2.24, 2.45) is 0 Å². The Morgan fingerprint density at radius 2 is 0.821 bits per heavy atom. The topological polar surface area (TPSA) is 36.1 Å². The summed E-state index contributed by atoms with van der Waals surface area (Å²) >= 11 is 0. The molecule has 3 nitrogen and oxygen atoms in total. The first kappa shape index (κ1) is 29.7. The van der Waals surface area contributed by atoms with Crippen molar-refractivity contribution in [2.45, 2.75) is 41.5 Å². The van der Waals surface area contributed by atoms with Crippen molar-refractivity contribution >= 4 is 11.4 Å². The van der Waals surface area contributed by atoms with Gasteiger partial charge in [0.25, 0.3) is 0 Å². The average molecular weight is 558 g/mol. The summed E-state index contributed by atoms with van der Waals surface area (Å²) < 4.78 is 0. The molecule has 2 aromatic carbocycles. The number of hydrogen-bond donors (Lipinski definition) is 3. The van der Waals surface area contributed by atoms with E-state index in [1.165, 1.54) is 44.8 Å². The maximum Gasteiger partial charge on any atom is 2.00 e. The Morgan fingerprint density at radius 3 is 1.11 bits per heavy atom. The van der Waals surface area contributed by atoms with Crippen molar-refractivity contribution in [1.82, 2.24) is 5.32 Å². The smallest absolute Gasteiger partial charge is 1.00 e. The summed E-state index contributed by atoms with van der Waals surface area (Å²) in [6.07, 6.45) is 0. The second-order valence-corrected chi connectivity index (χ2v) is 7.15. The van der Waals surface area contributed by atoms with Crippen LogP contribution in [0.2, 0.25) is 0 Å². The van der Waals surface area contributed by atoms with Crippen LogP contribution in [0.4, 0.5) is 11.4 Å². The molecule has 0 saturated carbocycles. The molecule has 0 heterocycles. The van der Waals surface area contributed by atoms with E-state index in [0.717, 1.165) is 26.2 Å². The van der Waals surface area contributed by atoms with Crippen LogP contribution in [0.3, 0.4) is 0 Å². The molecule has 6 heteroatoms. The van der Waals surface area contributed by atoms with Crippen molar-refractivity contribution in [2.75, 3.05) is 36.8 Å². The Morgan fingerprint density at radius 1 is 0.536 bits per heavy atom. The van der Waals surface area contributed by atoms with Crippen molar-refractivity contribution in [3.63, 3.8) is 0 Å². The van der Waals surface area contributed by atoms with Crippen molar-refractivity contribution in [3.05, 3.63) is 57.6 Å². The fourth-order valence-corrected chi connectivity index (χ4v) is 3.59. The molecule has 28 heavy (non-hydrogen) atoms. The van der Waals surface area contributed by atoms with Crippen molar-refractivity contribution < 1.29 is 50.7 Å². The van der Waals surface area contributed by atoms with Crippen LogP contribution in [0.1, 0.15) is 33.4 Å². The maximum absolute atomic E-state index is 3.56. The zero-order chi connectivity index (χ0) is 18.4. The van der Waals surface area contributed by atoms with Crippen molar-refractivity contribution in [1.29, 1.82) is 0 Å². The third-order valence-electron chi connectivity index (χ3n) is 4.56. The monoisotopic (exact) mass is 556 g/mol. The molecule has 0 aromatic heterocycles. The van der Waals surface area contributed by atoms with E-state index in [4.69, 9.17) is 0 Å². The molecule has 159 valence electrons. The molecule has 0 unspecified atom stereocenters. The van der Waals surface area contributed by atoms with E-state index < -0.39 is 0 Å². The first-order valence-corrected chi connectivity index (χ1v) is 9.22. The molecule has 0 atom stereocenters. The molecule has 3 N–H and O–H groups in total. The van der Waals surface area contributed by atoms with E-state index in [2.05, 4.69) is 81.8 Å². The average Bonchev–Trinajstić information content (AvgIpc) is 2.50. The quantitative estimate of drug-likeness (QED) is 0.352. The van der Waals surface area contributed by atoms with Crippen LogP contribution in [0.5, 0.6) is 0 Å². The van der Waals surface area contributed by atoms with E-state index in [9.17, 15) is 0 Å². The molecule has 0 aliphatic carbocycles. The largest absolute Gasteiger partial charge is 2.00 e. The summed E-state index contributed by atoms with van der Waals surface area (Å²) in [6.45, 7) is 16.8. The number of rotatable bonds is 8. The van der Waals surface area contributed by atoms with Crippen LogP contribution in [-0.2, 0) is 16.8 Å². The van der Waals surface area contributed by atoms with Crippen LogP contribution >= 0.6 is 0 Å². The maximum atomic E-state index is 3.56. The van der Waals surface area contributed by atoms with Gasteiger partial charge in [0.1, 0.15) is 0 Å². The fraction of sp³-hybridized carbons (Fsp3) is 0.455. The molecular formula is C22H33Br2CoN3. The van der Waals surface area contributed by atoms with E-state index in [-0.39, 0.29) is 50.7 Å². The molecule has 0 amide bonds. The van der Waals surface area contributed by atoms with Gasteiger partial charge in [-0.25, -0.2) is 0 Å². The number of anilines is 2. The van der Waals surface area contributed by atoms with Gasteiger partial charge in [-0.15, -0.1) is 0 Å². The van der Waals surface area contributed by atoms with Crippen LogP contribution in [0, 0.1) is 41.5 Å². The molecule has 0 saturated heterocycles. The summed E-state index contributed by atoms with van der Waals surface area (Å²) in [4.78, 5) is 0. The molecule has 0 aliphatic heterocycles. The summed E-state index contributed by atoms with van der Waals surface area (Å²) in [5, 5.41) is 10.6. The van der Waals surface area contributed by atoms with E-state index in [1.54, 1.807) is 0 Å². The molecule has 0 aliphatic rings. The molecular weight excluding hydrogens is 525 g/mol. The van der Waals surface area contributed by atoms with Gasteiger partial charge in [0.15, 0.2) is 0 Å². The number of aryl methyl sites for hydroxylation is 6. The molecule has 1 radical (unpaired) electrons. The van der Waals surface area contributed by atoms with Gasteiger partial charge in [0.05, 0.1) is 0 Å². The summed E-state index contributed by atoms with van der Waals surface area (Å²) in [6, 6.07) is 8.94. The minimum Gasteiger partial charge on any atom is -1.00 e. The van der Waals surface area contributed by atoms with Gasteiger partial charge in [-0.1, -0.05) is 35.4 Å². The van der Waals surface area contributed by atoms with E-state index >= 15 is 0 Å². The second kappa shape index (κ2) is 14.4. The molecule has 0 bridgehead atoms. The third kappa shape index (κ3) is 8.87. The van der Waals surface area contributed by atoms with Crippen LogP contribution in [0.15, 0.2) is 24.3 Å². The van der Waals surface area contributed by atoms with Gasteiger partial charge in [-0.2, -0.15) is 0 Å². The number of halogens is 2. The van der Waals surface area contributed by atoms with Crippen LogP contribution < -0.4 is 49.9 Å². The minimum atomic E-state index is 0.